The van der Waals surface area contributed by atoms with Crippen molar-refractivity contribution in [3.05, 3.63) is 52.7 Å². The van der Waals surface area contributed by atoms with Crippen molar-refractivity contribution in [3.63, 3.8) is 0 Å². The monoisotopic (exact) mass is 666 g/mol. The van der Waals surface area contributed by atoms with E-state index in [1.165, 1.54) is 34.7 Å². The van der Waals surface area contributed by atoms with E-state index in [4.69, 9.17) is 21.3 Å². The molecular weight excluding hydrogens is 624 g/mol. The molecular formula is C33H43ClN8O3S. The van der Waals surface area contributed by atoms with E-state index in [0.29, 0.717) is 53.8 Å². The first kappa shape index (κ1) is 31.3. The van der Waals surface area contributed by atoms with Crippen LogP contribution in [0.5, 0.6) is 5.75 Å². The second kappa shape index (κ2) is 12.0. The zero-order valence-electron chi connectivity index (χ0n) is 27.0. The number of hydrogen-bond acceptors (Lipinski definition) is 10. The Labute approximate surface area is 276 Å². The number of piperazine rings is 1. The number of nitrogens with zero attached hydrogens (tertiary/aromatic N) is 6. The highest BCUT2D eigenvalue weighted by molar-refractivity contribution is 7.92. The fraction of sp³-hybridized carbons (Fsp3) is 0.515. The molecule has 2 fully saturated rings. The number of fused-ring (bicyclic) bond motifs is 2. The smallest absolute Gasteiger partial charge is 0.232 e. The molecule has 5 heterocycles. The van der Waals surface area contributed by atoms with Crippen molar-refractivity contribution >= 4 is 56.1 Å². The summed E-state index contributed by atoms with van der Waals surface area (Å²) in [5, 5.41) is 6.98. The molecule has 2 aromatic carbocycles. The van der Waals surface area contributed by atoms with Crippen LogP contribution in [0, 0.1) is 0 Å². The zero-order chi connectivity index (χ0) is 32.2. The topological polar surface area (TPSA) is 106 Å². The molecule has 0 spiro atoms. The number of ether oxygens (including phenoxy) is 1. The van der Waals surface area contributed by atoms with Gasteiger partial charge in [-0.1, -0.05) is 37.6 Å². The van der Waals surface area contributed by atoms with Gasteiger partial charge in [0, 0.05) is 68.5 Å². The van der Waals surface area contributed by atoms with E-state index < -0.39 is 10.0 Å². The predicted octanol–water partition coefficient (Wildman–Crippen LogP) is 4.83. The Morgan fingerprint density at radius 3 is 2.48 bits per heavy atom. The lowest BCUT2D eigenvalue weighted by molar-refractivity contribution is 0.0982. The maximum atomic E-state index is 12.5. The predicted molar refractivity (Wildman–Crippen MR) is 185 cm³/mol. The fourth-order valence-electron chi connectivity index (χ4n) is 7.34. The van der Waals surface area contributed by atoms with Crippen LogP contribution in [0.1, 0.15) is 37.8 Å². The summed E-state index contributed by atoms with van der Waals surface area (Å²) < 4.78 is 32.8. The second-order valence-electron chi connectivity index (χ2n) is 13.6. The molecule has 7 rings (SSSR count). The van der Waals surface area contributed by atoms with Crippen LogP contribution in [-0.2, 0) is 21.9 Å². The van der Waals surface area contributed by atoms with E-state index in [0.717, 1.165) is 56.3 Å². The number of hydrogen-bond donors (Lipinski definition) is 2. The van der Waals surface area contributed by atoms with Crippen molar-refractivity contribution in [2.24, 2.45) is 0 Å². The van der Waals surface area contributed by atoms with Gasteiger partial charge in [-0.2, -0.15) is 4.98 Å². The third kappa shape index (κ3) is 5.96. The number of sulfonamides is 1. The molecule has 0 atom stereocenters. The molecule has 0 bridgehead atoms. The summed E-state index contributed by atoms with van der Waals surface area (Å²) in [6, 6.07) is 10.6. The summed E-state index contributed by atoms with van der Waals surface area (Å²) >= 11 is 6.55. The first-order chi connectivity index (χ1) is 22.0. The van der Waals surface area contributed by atoms with Gasteiger partial charge in [0.25, 0.3) is 0 Å². The summed E-state index contributed by atoms with van der Waals surface area (Å²) in [6.45, 7) is 12.2. The highest BCUT2D eigenvalue weighted by Gasteiger charge is 2.39. The molecule has 0 amide bonds. The molecule has 4 aliphatic heterocycles. The van der Waals surface area contributed by atoms with Crippen LogP contribution >= 0.6 is 11.6 Å². The lowest BCUT2D eigenvalue weighted by Crippen LogP contribution is -2.52. The Balaban J connectivity index is 1.12. The molecule has 0 saturated carbocycles. The molecule has 0 aliphatic carbocycles. The number of halogens is 1. The minimum absolute atomic E-state index is 0.149. The van der Waals surface area contributed by atoms with Crippen LogP contribution in [0.3, 0.4) is 0 Å². The van der Waals surface area contributed by atoms with Crippen LogP contribution in [-0.4, -0.2) is 100.0 Å². The van der Waals surface area contributed by atoms with Crippen LogP contribution in [0.25, 0.3) is 0 Å². The van der Waals surface area contributed by atoms with Gasteiger partial charge in [0.2, 0.25) is 16.0 Å². The van der Waals surface area contributed by atoms with Gasteiger partial charge in [-0.25, -0.2) is 13.4 Å². The first-order valence-electron chi connectivity index (χ1n) is 16.1. The maximum Gasteiger partial charge on any atom is 0.232 e. The van der Waals surface area contributed by atoms with Crippen LogP contribution in [0.4, 0.5) is 34.5 Å². The second-order valence-corrected chi connectivity index (χ2v) is 15.9. The Morgan fingerprint density at radius 1 is 0.978 bits per heavy atom. The summed E-state index contributed by atoms with van der Waals surface area (Å²) in [7, 11) is -1.22. The number of benzene rings is 2. The van der Waals surface area contributed by atoms with Gasteiger partial charge in [0.1, 0.15) is 10.8 Å². The molecule has 13 heteroatoms. The zero-order valence-corrected chi connectivity index (χ0v) is 28.6. The molecule has 0 unspecified atom stereocenters. The van der Waals surface area contributed by atoms with Crippen molar-refractivity contribution in [1.82, 2.24) is 19.8 Å². The van der Waals surface area contributed by atoms with E-state index in [2.05, 4.69) is 63.3 Å². The summed E-state index contributed by atoms with van der Waals surface area (Å²) in [4.78, 5) is 16.8. The van der Waals surface area contributed by atoms with Gasteiger partial charge in [-0.05, 0) is 50.1 Å². The van der Waals surface area contributed by atoms with Crippen LogP contribution < -0.4 is 24.6 Å². The van der Waals surface area contributed by atoms with Crippen molar-refractivity contribution < 1.29 is 13.2 Å². The van der Waals surface area contributed by atoms with Gasteiger partial charge in [-0.3, -0.25) is 9.21 Å². The average Bonchev–Trinajstić information content (AvgIpc) is 3.62. The van der Waals surface area contributed by atoms with Crippen molar-refractivity contribution in [2.75, 3.05) is 85.6 Å². The SMILES string of the molecule is CN1CCN(C2CCN(c3ccc(Nc4ncc(Cl)c(Nc5cccc6c5N(S(C)(=O)=O)CC6)n4)c4c3C(C)(C)CO4)CC2)CC1. The van der Waals surface area contributed by atoms with Gasteiger partial charge in [0.05, 0.1) is 36.1 Å². The Bertz CT molecular complexity index is 1740. The molecule has 2 saturated heterocycles. The number of piperidine rings is 1. The van der Waals surface area contributed by atoms with E-state index in [-0.39, 0.29) is 5.41 Å². The van der Waals surface area contributed by atoms with Crippen LogP contribution in [0.15, 0.2) is 36.5 Å². The lowest BCUT2D eigenvalue weighted by atomic mass is 9.84. The van der Waals surface area contributed by atoms with Gasteiger partial charge in [-0.15, -0.1) is 0 Å². The first-order valence-corrected chi connectivity index (χ1v) is 18.3. The average molecular weight is 667 g/mol. The fourth-order valence-corrected chi connectivity index (χ4v) is 8.45. The van der Waals surface area contributed by atoms with Crippen LogP contribution in [0.2, 0.25) is 5.02 Å². The van der Waals surface area contributed by atoms with Gasteiger partial charge >= 0.3 is 0 Å². The van der Waals surface area contributed by atoms with E-state index in [9.17, 15) is 8.42 Å². The van der Waals surface area contributed by atoms with Crippen molar-refractivity contribution in [3.8, 4) is 5.75 Å². The normalized spacial score (nSPS) is 20.4. The molecule has 2 N–H and O–H groups in total. The number of aromatic nitrogens is 2. The molecule has 1 aromatic heterocycles. The number of likely N-dealkylation sites (N-methyl/N-ethyl adjacent to an activating group) is 1. The number of rotatable bonds is 7. The van der Waals surface area contributed by atoms with Gasteiger partial charge in [0.15, 0.2) is 5.82 Å². The molecule has 0 radical (unpaired) electrons. The molecule has 11 nitrogen and oxygen atoms in total. The Kier molecular flexibility index (Phi) is 8.19. The van der Waals surface area contributed by atoms with E-state index in [1.807, 2.05) is 18.2 Å². The number of nitrogens with one attached hydrogen (secondary N) is 2. The summed E-state index contributed by atoms with van der Waals surface area (Å²) in [6.07, 6.45) is 5.75. The molecule has 46 heavy (non-hydrogen) atoms. The maximum absolute atomic E-state index is 12.5. The summed E-state index contributed by atoms with van der Waals surface area (Å²) in [5.41, 5.74) is 5.32. The Hall–Kier alpha value is -3.32. The summed E-state index contributed by atoms with van der Waals surface area (Å²) in [5.74, 6) is 1.57. The van der Waals surface area contributed by atoms with Crippen molar-refractivity contribution in [1.29, 1.82) is 0 Å². The quantitative estimate of drug-likeness (QED) is 0.365. The molecule has 4 aliphatic rings. The van der Waals surface area contributed by atoms with Crippen molar-refractivity contribution in [2.45, 2.75) is 44.6 Å². The van der Waals surface area contributed by atoms with E-state index >= 15 is 0 Å². The third-order valence-corrected chi connectivity index (χ3v) is 11.3. The Morgan fingerprint density at radius 2 is 1.74 bits per heavy atom. The highest BCUT2D eigenvalue weighted by Crippen LogP contribution is 2.49. The molecule has 246 valence electrons. The van der Waals surface area contributed by atoms with Gasteiger partial charge < -0.3 is 25.2 Å². The lowest BCUT2D eigenvalue weighted by Gasteiger charge is -2.43. The number of anilines is 6. The minimum atomic E-state index is -3.43. The standard InChI is InChI=1S/C33H43ClN8O3S/c1-33(2)21-45-30-26(8-9-27(28(30)33)41-13-11-23(12-14-41)40-18-16-39(3)17-19-40)37-32-35-20-24(34)31(38-32)36-25-7-5-6-22-10-15-42(29(22)25)46(4,43)44/h5-9,20,23H,10-19,21H2,1-4H3,(H2,35,36,37,38). The molecule has 3 aromatic rings. The number of para-hydroxylation sites is 1. The largest absolute Gasteiger partial charge is 0.490 e. The highest BCUT2D eigenvalue weighted by atomic mass is 35.5. The van der Waals surface area contributed by atoms with E-state index in [1.54, 1.807) is 6.20 Å². The minimum Gasteiger partial charge on any atom is -0.490 e. The third-order valence-electron chi connectivity index (χ3n) is 9.85.